The zero-order valence-corrected chi connectivity index (χ0v) is 27.9. The Morgan fingerprint density at radius 3 is 1.98 bits per heavy atom. The van der Waals surface area contributed by atoms with Crippen molar-refractivity contribution in [3.63, 3.8) is 0 Å². The van der Waals surface area contributed by atoms with E-state index in [2.05, 4.69) is 10.3 Å². The summed E-state index contributed by atoms with van der Waals surface area (Å²) in [4.78, 5) is 18.5. The lowest BCUT2D eigenvalue weighted by Crippen LogP contribution is -2.32. The van der Waals surface area contributed by atoms with E-state index in [4.69, 9.17) is 14.2 Å². The molecule has 266 valence electrons. The predicted octanol–water partition coefficient (Wildman–Crippen LogP) is 8.28. The minimum atomic E-state index is -5.06. The molecule has 0 radical (unpaired) electrons. The number of nitrogens with one attached hydrogen (secondary N) is 1. The number of carbonyl (C=O) groups is 1. The summed E-state index contributed by atoms with van der Waals surface area (Å²) in [5, 5.41) is 2.73. The lowest BCUT2D eigenvalue weighted by atomic mass is 9.96. The summed E-state index contributed by atoms with van der Waals surface area (Å²) in [6.07, 6.45) is -3.81. The van der Waals surface area contributed by atoms with E-state index in [1.165, 1.54) is 21.3 Å². The first kappa shape index (κ1) is 37.8. The van der Waals surface area contributed by atoms with Crippen molar-refractivity contribution in [2.24, 2.45) is 4.99 Å². The molecule has 0 atom stereocenters. The summed E-state index contributed by atoms with van der Waals surface area (Å²) >= 11 is 0. The van der Waals surface area contributed by atoms with Gasteiger partial charge >= 0.3 is 12.4 Å². The molecule has 0 unspecified atom stereocenters. The molecular formula is C37H37F6N3O4. The Morgan fingerprint density at radius 2 is 1.48 bits per heavy atom. The monoisotopic (exact) mass is 701 g/mol. The van der Waals surface area contributed by atoms with E-state index in [1.807, 2.05) is 0 Å². The number of carbonyl (C=O) groups excluding carboxylic acids is 1. The number of hydrogen-bond donors (Lipinski definition) is 1. The normalized spacial score (nSPS) is 14.1. The van der Waals surface area contributed by atoms with Crippen LogP contribution in [0, 0.1) is 0 Å². The average Bonchev–Trinajstić information content (AvgIpc) is 3.10. The van der Waals surface area contributed by atoms with Crippen LogP contribution in [0.15, 0.2) is 101 Å². The van der Waals surface area contributed by atoms with Crippen LogP contribution in [0.4, 0.5) is 26.3 Å². The van der Waals surface area contributed by atoms with Crippen molar-refractivity contribution in [2.75, 3.05) is 41.5 Å². The van der Waals surface area contributed by atoms with Gasteiger partial charge in [0.15, 0.2) is 0 Å². The molecule has 4 rings (SSSR count). The van der Waals surface area contributed by atoms with E-state index < -0.39 is 23.5 Å². The SMILES string of the molecule is C/N=C(/c1cc(C(F)(F)F)cc(C(F)(F)F)c1)N(Cc1ccc(C(=O)NCCOC)cc1)/C(=C/c1ccc(OC)cc1)C1=CC=C(OC)CC1. The van der Waals surface area contributed by atoms with Gasteiger partial charge in [0.2, 0.25) is 0 Å². The molecule has 0 fully saturated rings. The molecule has 13 heteroatoms. The first-order valence-electron chi connectivity index (χ1n) is 15.5. The molecule has 0 heterocycles. The van der Waals surface area contributed by atoms with Crippen molar-refractivity contribution in [3.05, 3.63) is 129 Å². The molecule has 1 amide bonds. The third-order valence-electron chi connectivity index (χ3n) is 7.87. The van der Waals surface area contributed by atoms with Crippen molar-refractivity contribution in [3.8, 4) is 5.75 Å². The van der Waals surface area contributed by atoms with E-state index in [-0.39, 0.29) is 29.9 Å². The van der Waals surface area contributed by atoms with Crippen molar-refractivity contribution in [1.29, 1.82) is 0 Å². The van der Waals surface area contributed by atoms with Crippen LogP contribution in [0.1, 0.15) is 51.0 Å². The number of aliphatic imine (C=N–C) groups is 1. The van der Waals surface area contributed by atoms with Gasteiger partial charge in [0.05, 0.1) is 37.7 Å². The Morgan fingerprint density at radius 1 is 0.840 bits per heavy atom. The van der Waals surface area contributed by atoms with Crippen molar-refractivity contribution < 1.29 is 45.3 Å². The highest BCUT2D eigenvalue weighted by Crippen LogP contribution is 2.38. The van der Waals surface area contributed by atoms with Gasteiger partial charge in [-0.1, -0.05) is 30.3 Å². The fraction of sp³-hybridized carbons (Fsp3) is 0.297. The van der Waals surface area contributed by atoms with Gasteiger partial charge in [-0.2, -0.15) is 26.3 Å². The molecule has 1 aliphatic carbocycles. The van der Waals surface area contributed by atoms with Gasteiger partial charge in [-0.3, -0.25) is 9.79 Å². The maximum atomic E-state index is 14.0. The maximum Gasteiger partial charge on any atom is 0.416 e. The highest BCUT2D eigenvalue weighted by molar-refractivity contribution is 6.01. The third-order valence-corrected chi connectivity index (χ3v) is 7.87. The number of amides is 1. The fourth-order valence-corrected chi connectivity index (χ4v) is 5.28. The highest BCUT2D eigenvalue weighted by atomic mass is 19.4. The molecule has 1 N–H and O–H groups in total. The number of amidine groups is 1. The first-order valence-corrected chi connectivity index (χ1v) is 15.5. The second kappa shape index (κ2) is 16.6. The quantitative estimate of drug-likeness (QED) is 0.0891. The number of methoxy groups -OCH3 is 3. The van der Waals surface area contributed by atoms with Crippen LogP contribution in [-0.4, -0.2) is 58.2 Å². The molecule has 50 heavy (non-hydrogen) atoms. The minimum absolute atomic E-state index is 0.0317. The van der Waals surface area contributed by atoms with E-state index in [9.17, 15) is 31.1 Å². The Hall–Kier alpha value is -5.04. The van der Waals surface area contributed by atoms with E-state index in [1.54, 1.807) is 78.8 Å². The molecular weight excluding hydrogens is 664 g/mol. The van der Waals surface area contributed by atoms with E-state index in [0.29, 0.717) is 72.0 Å². The summed E-state index contributed by atoms with van der Waals surface area (Å²) < 4.78 is 99.7. The van der Waals surface area contributed by atoms with Gasteiger partial charge < -0.3 is 24.4 Å². The topological polar surface area (TPSA) is 72.4 Å². The summed E-state index contributed by atoms with van der Waals surface area (Å²) in [5.41, 5.74) is -0.437. The number of rotatable bonds is 12. The van der Waals surface area contributed by atoms with Crippen molar-refractivity contribution in [1.82, 2.24) is 10.2 Å². The number of hydrogen-bond acceptors (Lipinski definition) is 5. The molecule has 1 aliphatic rings. The number of nitrogens with zero attached hydrogens (tertiary/aromatic N) is 2. The molecule has 0 spiro atoms. The second-order valence-corrected chi connectivity index (χ2v) is 11.2. The smallest absolute Gasteiger partial charge is 0.416 e. The molecule has 0 saturated carbocycles. The number of benzene rings is 3. The molecule has 0 aliphatic heterocycles. The fourth-order valence-electron chi connectivity index (χ4n) is 5.28. The molecule has 0 aromatic heterocycles. The zero-order valence-electron chi connectivity index (χ0n) is 27.9. The van der Waals surface area contributed by atoms with Crippen LogP contribution < -0.4 is 10.1 Å². The van der Waals surface area contributed by atoms with Gasteiger partial charge in [-0.25, -0.2) is 0 Å². The van der Waals surface area contributed by atoms with Gasteiger partial charge in [0, 0.05) is 50.5 Å². The predicted molar refractivity (Wildman–Crippen MR) is 178 cm³/mol. The van der Waals surface area contributed by atoms with Crippen molar-refractivity contribution >= 4 is 17.8 Å². The van der Waals surface area contributed by atoms with Gasteiger partial charge in [0.25, 0.3) is 5.91 Å². The van der Waals surface area contributed by atoms with Crippen LogP contribution in [-0.2, 0) is 28.4 Å². The molecule has 3 aromatic rings. The molecule has 0 bridgehead atoms. The lowest BCUT2D eigenvalue weighted by Gasteiger charge is -2.32. The van der Waals surface area contributed by atoms with Crippen LogP contribution in [0.3, 0.4) is 0 Å². The summed E-state index contributed by atoms with van der Waals surface area (Å²) in [6, 6.07) is 15.0. The summed E-state index contributed by atoms with van der Waals surface area (Å²) in [5.74, 6) is 0.833. The first-order chi connectivity index (χ1) is 23.8. The Bertz CT molecular complexity index is 1730. The van der Waals surface area contributed by atoms with Crippen LogP contribution in [0.5, 0.6) is 5.75 Å². The van der Waals surface area contributed by atoms with Gasteiger partial charge in [0.1, 0.15) is 11.6 Å². The van der Waals surface area contributed by atoms with Crippen LogP contribution >= 0.6 is 0 Å². The van der Waals surface area contributed by atoms with Crippen LogP contribution in [0.25, 0.3) is 6.08 Å². The highest BCUT2D eigenvalue weighted by Gasteiger charge is 2.38. The average molecular weight is 702 g/mol. The van der Waals surface area contributed by atoms with E-state index >= 15 is 0 Å². The van der Waals surface area contributed by atoms with Gasteiger partial charge in [-0.05, 0) is 77.7 Å². The Kier molecular flexibility index (Phi) is 12.5. The Labute approximate surface area is 286 Å². The number of ether oxygens (including phenoxy) is 3. The summed E-state index contributed by atoms with van der Waals surface area (Å²) in [6.45, 7) is 0.589. The van der Waals surface area contributed by atoms with Gasteiger partial charge in [-0.15, -0.1) is 0 Å². The number of halogens is 6. The standard InChI is InChI=1S/C37H37F6N3O4/c1-44-34(28-20-29(36(38,39)40)22-30(21-28)37(41,42)43)46(23-25-5-9-27(10-6-25)35(47)45-17-18-48-2)33(26-11-15-32(50-4)16-12-26)19-24-7-13-31(49-3)14-8-24/h5-11,13-15,19-22H,12,16-18,23H2,1-4H3,(H,45,47)/b33-19+,44-34-. The van der Waals surface area contributed by atoms with E-state index in [0.717, 1.165) is 5.57 Å². The Balaban J connectivity index is 1.92. The zero-order chi connectivity index (χ0) is 36.5. The van der Waals surface area contributed by atoms with Crippen LogP contribution in [0.2, 0.25) is 0 Å². The largest absolute Gasteiger partial charge is 0.501 e. The lowest BCUT2D eigenvalue weighted by molar-refractivity contribution is -0.143. The molecule has 0 saturated heterocycles. The molecule has 7 nitrogen and oxygen atoms in total. The minimum Gasteiger partial charge on any atom is -0.501 e. The maximum absolute atomic E-state index is 14.0. The number of alkyl halides is 6. The third kappa shape index (κ3) is 9.78. The summed E-state index contributed by atoms with van der Waals surface area (Å²) in [7, 11) is 5.89. The number of allylic oxidation sites excluding steroid dienone is 4. The molecule has 3 aromatic carbocycles. The second-order valence-electron chi connectivity index (χ2n) is 11.2. The van der Waals surface area contributed by atoms with Crippen molar-refractivity contribution in [2.45, 2.75) is 31.7 Å².